The standard InChI is InChI=1S/C8H15NO8/c9-1-2-15-17-8-5(12)3(10)4(11)6(16-8)7(13)14/h3-6,8,10-12H,1-2,9H2,(H,13,14)/t3-,4-,5+,6-,8?/m0/s1. The molecule has 17 heavy (non-hydrogen) atoms. The van der Waals surface area contributed by atoms with Crippen molar-refractivity contribution < 1.29 is 39.7 Å². The summed E-state index contributed by atoms with van der Waals surface area (Å²) in [5.41, 5.74) is 5.11. The summed E-state index contributed by atoms with van der Waals surface area (Å²) in [6.45, 7) is 0.152. The molecule has 0 saturated carbocycles. The first-order chi connectivity index (χ1) is 7.99. The van der Waals surface area contributed by atoms with Crippen molar-refractivity contribution in [2.75, 3.05) is 13.2 Å². The Morgan fingerprint density at radius 1 is 1.24 bits per heavy atom. The Morgan fingerprint density at radius 2 is 1.88 bits per heavy atom. The number of aliphatic hydroxyl groups excluding tert-OH is 3. The summed E-state index contributed by atoms with van der Waals surface area (Å²) in [7, 11) is 0. The zero-order valence-electron chi connectivity index (χ0n) is 8.80. The summed E-state index contributed by atoms with van der Waals surface area (Å²) < 4.78 is 4.74. The van der Waals surface area contributed by atoms with Crippen LogP contribution >= 0.6 is 0 Å². The molecule has 9 nitrogen and oxygen atoms in total. The summed E-state index contributed by atoms with van der Waals surface area (Å²) in [6, 6.07) is 0. The van der Waals surface area contributed by atoms with Crippen LogP contribution in [0.2, 0.25) is 0 Å². The van der Waals surface area contributed by atoms with Crippen LogP contribution in [0.15, 0.2) is 0 Å². The van der Waals surface area contributed by atoms with E-state index in [4.69, 9.17) is 15.6 Å². The number of nitrogens with two attached hydrogens (primary N) is 1. The summed E-state index contributed by atoms with van der Waals surface area (Å²) in [5.74, 6) is -1.49. The molecule has 5 atom stereocenters. The molecule has 0 bridgehead atoms. The van der Waals surface area contributed by atoms with Crippen molar-refractivity contribution in [2.24, 2.45) is 5.73 Å². The van der Waals surface area contributed by atoms with Crippen molar-refractivity contribution in [3.8, 4) is 0 Å². The molecule has 6 N–H and O–H groups in total. The van der Waals surface area contributed by atoms with Gasteiger partial charge in [-0.1, -0.05) is 0 Å². The molecule has 0 radical (unpaired) electrons. The van der Waals surface area contributed by atoms with Crippen molar-refractivity contribution in [3.05, 3.63) is 0 Å². The van der Waals surface area contributed by atoms with E-state index in [1.165, 1.54) is 0 Å². The normalized spacial score (nSPS) is 38.0. The number of hydrogen-bond donors (Lipinski definition) is 5. The smallest absolute Gasteiger partial charge is 0.335 e. The Labute approximate surface area is 96.2 Å². The fraction of sp³-hybridized carbons (Fsp3) is 0.875. The van der Waals surface area contributed by atoms with E-state index in [-0.39, 0.29) is 13.2 Å². The van der Waals surface area contributed by atoms with Gasteiger partial charge in [0.25, 0.3) is 0 Å². The van der Waals surface area contributed by atoms with Crippen LogP contribution in [0.4, 0.5) is 0 Å². The summed E-state index contributed by atoms with van der Waals surface area (Å²) in [4.78, 5) is 19.8. The Balaban J connectivity index is 2.61. The van der Waals surface area contributed by atoms with Gasteiger partial charge >= 0.3 is 5.97 Å². The molecular weight excluding hydrogens is 238 g/mol. The van der Waals surface area contributed by atoms with Crippen LogP contribution in [0.3, 0.4) is 0 Å². The molecule has 1 rings (SSSR count). The fourth-order valence-corrected chi connectivity index (χ4v) is 1.29. The van der Waals surface area contributed by atoms with Crippen molar-refractivity contribution in [2.45, 2.75) is 30.7 Å². The molecule has 0 aromatic carbocycles. The highest BCUT2D eigenvalue weighted by molar-refractivity contribution is 5.73. The molecule has 1 saturated heterocycles. The Hall–Kier alpha value is -0.810. The topological polar surface area (TPSA) is 152 Å². The van der Waals surface area contributed by atoms with Crippen LogP contribution in [0.1, 0.15) is 0 Å². The van der Waals surface area contributed by atoms with E-state index < -0.39 is 36.7 Å². The van der Waals surface area contributed by atoms with E-state index in [0.29, 0.717) is 0 Å². The van der Waals surface area contributed by atoms with Gasteiger partial charge in [0.2, 0.25) is 6.29 Å². The molecular formula is C8H15NO8. The highest BCUT2D eigenvalue weighted by Gasteiger charge is 2.48. The molecule has 0 aliphatic carbocycles. The van der Waals surface area contributed by atoms with E-state index in [9.17, 15) is 20.1 Å². The number of aliphatic carboxylic acids is 1. The van der Waals surface area contributed by atoms with Crippen molar-refractivity contribution in [3.63, 3.8) is 0 Å². The Bertz CT molecular complexity index is 262. The maximum Gasteiger partial charge on any atom is 0.335 e. The van der Waals surface area contributed by atoms with E-state index in [2.05, 4.69) is 9.78 Å². The Morgan fingerprint density at radius 3 is 2.41 bits per heavy atom. The monoisotopic (exact) mass is 253 g/mol. The molecule has 100 valence electrons. The van der Waals surface area contributed by atoms with Gasteiger partial charge in [-0.25, -0.2) is 14.6 Å². The fourth-order valence-electron chi connectivity index (χ4n) is 1.29. The number of carbonyl (C=O) groups is 1. The molecule has 1 unspecified atom stereocenters. The summed E-state index contributed by atoms with van der Waals surface area (Å²) >= 11 is 0. The lowest BCUT2D eigenvalue weighted by Crippen LogP contribution is -2.60. The lowest BCUT2D eigenvalue weighted by molar-refractivity contribution is -0.420. The molecule has 1 heterocycles. The van der Waals surface area contributed by atoms with Gasteiger partial charge in [-0.2, -0.15) is 0 Å². The largest absolute Gasteiger partial charge is 0.479 e. The molecule has 0 spiro atoms. The quantitative estimate of drug-likeness (QED) is 0.193. The first-order valence-corrected chi connectivity index (χ1v) is 4.90. The second-order valence-electron chi connectivity index (χ2n) is 3.44. The maximum absolute atomic E-state index is 10.7. The average molecular weight is 253 g/mol. The molecule has 0 amide bonds. The molecule has 1 aliphatic heterocycles. The van der Waals surface area contributed by atoms with Gasteiger partial charge in [0.05, 0.1) is 6.61 Å². The lowest BCUT2D eigenvalue weighted by atomic mass is 9.99. The van der Waals surface area contributed by atoms with Crippen LogP contribution in [-0.4, -0.2) is 70.3 Å². The van der Waals surface area contributed by atoms with Crippen LogP contribution in [0.25, 0.3) is 0 Å². The number of carboxylic acids is 1. The van der Waals surface area contributed by atoms with Gasteiger partial charge in [0, 0.05) is 6.54 Å². The van der Waals surface area contributed by atoms with Gasteiger partial charge in [-0.05, 0) is 0 Å². The van der Waals surface area contributed by atoms with Gasteiger partial charge in [0.1, 0.15) is 18.3 Å². The maximum atomic E-state index is 10.7. The van der Waals surface area contributed by atoms with E-state index in [1.54, 1.807) is 0 Å². The zero-order chi connectivity index (χ0) is 13.0. The second-order valence-corrected chi connectivity index (χ2v) is 3.44. The molecule has 0 aromatic heterocycles. The zero-order valence-corrected chi connectivity index (χ0v) is 8.80. The van der Waals surface area contributed by atoms with Crippen LogP contribution in [0, 0.1) is 0 Å². The van der Waals surface area contributed by atoms with Crippen LogP contribution in [-0.2, 0) is 19.3 Å². The van der Waals surface area contributed by atoms with E-state index >= 15 is 0 Å². The van der Waals surface area contributed by atoms with Crippen LogP contribution < -0.4 is 5.73 Å². The van der Waals surface area contributed by atoms with Crippen molar-refractivity contribution in [1.29, 1.82) is 0 Å². The number of ether oxygens (including phenoxy) is 1. The number of carboxylic acid groups (broad SMARTS) is 1. The summed E-state index contributed by atoms with van der Waals surface area (Å²) in [5, 5.41) is 36.9. The van der Waals surface area contributed by atoms with Crippen molar-refractivity contribution in [1.82, 2.24) is 0 Å². The summed E-state index contributed by atoms with van der Waals surface area (Å²) in [6.07, 6.45) is -8.31. The number of aliphatic hydroxyl groups is 3. The third-order valence-corrected chi connectivity index (χ3v) is 2.18. The first kappa shape index (κ1) is 14.3. The van der Waals surface area contributed by atoms with E-state index in [1.807, 2.05) is 0 Å². The average Bonchev–Trinajstić information content (AvgIpc) is 2.29. The Kier molecular flexibility index (Phi) is 5.21. The molecule has 1 aliphatic rings. The lowest BCUT2D eigenvalue weighted by Gasteiger charge is -2.37. The minimum atomic E-state index is -1.75. The minimum absolute atomic E-state index is 0.00294. The predicted molar refractivity (Wildman–Crippen MR) is 50.4 cm³/mol. The first-order valence-electron chi connectivity index (χ1n) is 4.90. The molecule has 1 fully saturated rings. The number of hydrogen-bond acceptors (Lipinski definition) is 8. The highest BCUT2D eigenvalue weighted by atomic mass is 17.2. The molecule has 0 aromatic rings. The van der Waals surface area contributed by atoms with Gasteiger partial charge < -0.3 is 30.9 Å². The van der Waals surface area contributed by atoms with E-state index in [0.717, 1.165) is 0 Å². The highest BCUT2D eigenvalue weighted by Crippen LogP contribution is 2.22. The third kappa shape index (κ3) is 3.33. The van der Waals surface area contributed by atoms with Gasteiger partial charge in [0.15, 0.2) is 6.10 Å². The van der Waals surface area contributed by atoms with Crippen LogP contribution in [0.5, 0.6) is 0 Å². The predicted octanol–water partition coefficient (Wildman–Crippen LogP) is -3.21. The van der Waals surface area contributed by atoms with Crippen molar-refractivity contribution >= 4 is 5.97 Å². The molecule has 9 heteroatoms. The number of rotatable bonds is 5. The third-order valence-electron chi connectivity index (χ3n) is 2.18. The van der Waals surface area contributed by atoms with Gasteiger partial charge in [-0.15, -0.1) is 0 Å². The second kappa shape index (κ2) is 6.21. The van der Waals surface area contributed by atoms with Gasteiger partial charge in [-0.3, -0.25) is 0 Å². The minimum Gasteiger partial charge on any atom is -0.479 e. The SMILES string of the molecule is NCCOOC1O[C@H](C(=O)O)[C@@H](O)[C@H](O)[C@H]1O.